The van der Waals surface area contributed by atoms with Crippen LogP contribution < -0.4 is 16.0 Å². The SMILES string of the molecule is CC(=O)c1cn(CC(=O)N2C[C@H](F)C[C@H]2C(=O)CCc2ccncc2)c2ccc(Nc3cncnc3)cc12.CC(=O)c1cn(CC(=O)N2C[C@H](F)C[C@H]2C(=O)Cc2cc(C)nn2-c2ccccc2F)c2ccc(Nc3cncnc3)cc12.CC(=O)c1cn(CC(=O)N2C[C@H](F)C[C@H]2C(=O)Cc2ccc3ncsc3c2)c2ccc(Nc3cncnc3)cc12. The highest BCUT2D eigenvalue weighted by Crippen LogP contribution is 2.35. The summed E-state index contributed by atoms with van der Waals surface area (Å²) in [5, 5.41) is 15.9. The van der Waals surface area contributed by atoms with Crippen LogP contribution >= 0.6 is 11.3 Å². The molecule has 0 radical (unpaired) electrons. The van der Waals surface area contributed by atoms with Gasteiger partial charge in [-0.2, -0.15) is 5.10 Å². The van der Waals surface area contributed by atoms with Gasteiger partial charge in [0.05, 0.1) is 126 Å². The molecule has 0 spiro atoms. The number of anilines is 6. The van der Waals surface area contributed by atoms with Crippen LogP contribution in [0.1, 0.15) is 100 Å². The summed E-state index contributed by atoms with van der Waals surface area (Å²) in [5.41, 5.74) is 13.2. The molecule has 6 atom stereocenters. The van der Waals surface area contributed by atoms with Crippen molar-refractivity contribution in [2.45, 2.75) is 129 Å². The molecule has 0 bridgehead atoms. The van der Waals surface area contributed by atoms with Crippen LogP contribution in [-0.2, 0) is 67.7 Å². The number of nitrogens with one attached hydrogen (secondary N) is 3. The smallest absolute Gasteiger partial charge is 0.243 e. The molecule has 3 saturated heterocycles. The maximum Gasteiger partial charge on any atom is 0.243 e. The highest BCUT2D eigenvalue weighted by molar-refractivity contribution is 7.16. The molecule has 28 nitrogen and oxygen atoms in total. The van der Waals surface area contributed by atoms with Crippen LogP contribution in [0.4, 0.5) is 51.7 Å². The van der Waals surface area contributed by atoms with E-state index in [0.717, 1.165) is 32.7 Å². The van der Waals surface area contributed by atoms with E-state index in [1.54, 1.807) is 137 Å². The van der Waals surface area contributed by atoms with E-state index in [-0.39, 0.29) is 130 Å². The molecule has 3 aliphatic heterocycles. The Morgan fingerprint density at radius 2 is 0.877 bits per heavy atom. The zero-order valence-electron chi connectivity index (χ0n) is 66.5. The minimum absolute atomic E-state index is 0.00424. The molecule has 3 fully saturated rings. The fourth-order valence-corrected chi connectivity index (χ4v) is 16.6. The van der Waals surface area contributed by atoms with Crippen LogP contribution in [-0.4, -0.2) is 187 Å². The third-order valence-corrected chi connectivity index (χ3v) is 22.4. The number of Topliss-reactive ketones (excluding diaryl/α,β-unsaturated/α-hetero) is 6. The number of para-hydroxylation sites is 1. The number of hydrogen-bond donors (Lipinski definition) is 3. The largest absolute Gasteiger partial charge is 0.353 e. The molecule has 3 N–H and O–H groups in total. The van der Waals surface area contributed by atoms with Gasteiger partial charge in [-0.05, 0) is 142 Å². The Hall–Kier alpha value is -14.2. The summed E-state index contributed by atoms with van der Waals surface area (Å²) >= 11 is 1.49. The lowest BCUT2D eigenvalue weighted by atomic mass is 10.0. The number of carbonyl (C=O) groups is 9. The van der Waals surface area contributed by atoms with Gasteiger partial charge in [-0.25, -0.2) is 57.1 Å². The number of ketones is 6. The molecule has 0 unspecified atom stereocenters. The minimum Gasteiger partial charge on any atom is -0.353 e. The maximum absolute atomic E-state index is 14.7. The number of nitrogens with zero attached hydrogens (tertiary/aromatic N) is 16. The number of hydrogen-bond acceptors (Lipinski definition) is 22. The number of aryl methyl sites for hydroxylation is 2. The lowest BCUT2D eigenvalue weighted by Crippen LogP contribution is -2.43. The van der Waals surface area contributed by atoms with Gasteiger partial charge in [0, 0.05) is 130 Å². The molecule has 620 valence electrons. The van der Waals surface area contributed by atoms with Crippen LogP contribution in [0, 0.1) is 12.7 Å². The highest BCUT2D eigenvalue weighted by atomic mass is 32.1. The maximum atomic E-state index is 14.7. The molecule has 14 aromatic rings. The number of thiazole rings is 1. The zero-order chi connectivity index (χ0) is 85.4. The summed E-state index contributed by atoms with van der Waals surface area (Å²) in [6.07, 6.45) is 18.9. The van der Waals surface area contributed by atoms with Gasteiger partial charge < -0.3 is 44.4 Å². The van der Waals surface area contributed by atoms with E-state index in [2.05, 4.69) is 60.9 Å². The summed E-state index contributed by atoms with van der Waals surface area (Å²) in [5.74, 6) is -2.85. The Morgan fingerprint density at radius 1 is 0.459 bits per heavy atom. The Balaban J connectivity index is 0.000000143. The average molecular weight is 1670 g/mol. The molecule has 3 amide bonds. The minimum atomic E-state index is -1.36. The average Bonchev–Trinajstić information content (AvgIpc) is 1.64. The van der Waals surface area contributed by atoms with Gasteiger partial charge >= 0.3 is 0 Å². The summed E-state index contributed by atoms with van der Waals surface area (Å²) in [7, 11) is 0. The van der Waals surface area contributed by atoms with Crippen molar-refractivity contribution < 1.29 is 60.7 Å². The van der Waals surface area contributed by atoms with Gasteiger partial charge in [0.1, 0.15) is 68.6 Å². The normalized spacial score (nSPS) is 16.8. The number of fused-ring (bicyclic) bond motifs is 4. The molecule has 3 aliphatic rings. The topological polar surface area (TPSA) is 335 Å². The third-order valence-electron chi connectivity index (χ3n) is 21.6. The van der Waals surface area contributed by atoms with Gasteiger partial charge in [-0.3, -0.25) is 48.1 Å². The Kier molecular flexibility index (Phi) is 24.8. The van der Waals surface area contributed by atoms with E-state index < -0.39 is 48.4 Å². The number of benzene rings is 5. The summed E-state index contributed by atoms with van der Waals surface area (Å²) in [4.78, 5) is 154. The molecule has 0 aliphatic carbocycles. The molecule has 17 rings (SSSR count). The fraction of sp³-hybridized carbons (Fsp3) is 0.258. The number of carbonyl (C=O) groups excluding carboxylic acids is 9. The lowest BCUT2D eigenvalue weighted by Gasteiger charge is -2.24. The number of likely N-dealkylation sites (tertiary alicyclic amines) is 3. The molecule has 5 aromatic carbocycles. The second kappa shape index (κ2) is 36.5. The van der Waals surface area contributed by atoms with Gasteiger partial charge in [-0.15, -0.1) is 11.3 Å². The first-order valence-corrected chi connectivity index (χ1v) is 40.2. The monoisotopic (exact) mass is 1670 g/mol. The van der Waals surface area contributed by atoms with Crippen molar-refractivity contribution in [3.8, 4) is 5.69 Å². The van der Waals surface area contributed by atoms with Gasteiger partial charge in [0.15, 0.2) is 34.7 Å². The second-order valence-electron chi connectivity index (χ2n) is 30.2. The quantitative estimate of drug-likeness (QED) is 0.0335. The van der Waals surface area contributed by atoms with Gasteiger partial charge in [-0.1, -0.05) is 18.2 Å². The molecule has 9 aromatic heterocycles. The zero-order valence-corrected chi connectivity index (χ0v) is 67.4. The Morgan fingerprint density at radius 3 is 1.30 bits per heavy atom. The van der Waals surface area contributed by atoms with E-state index >= 15 is 0 Å². The third kappa shape index (κ3) is 18.9. The van der Waals surface area contributed by atoms with Crippen LogP contribution in [0.5, 0.6) is 0 Å². The molecule has 33 heteroatoms. The number of pyridine rings is 1. The highest BCUT2D eigenvalue weighted by Gasteiger charge is 2.43. The van der Waals surface area contributed by atoms with Crippen molar-refractivity contribution >= 4 is 141 Å². The number of aromatic nitrogens is 13. The second-order valence-corrected chi connectivity index (χ2v) is 31.1. The van der Waals surface area contributed by atoms with Crippen molar-refractivity contribution in [1.29, 1.82) is 0 Å². The first-order chi connectivity index (χ1) is 58.9. The molecular weight excluding hydrogens is 1590 g/mol. The predicted molar refractivity (Wildman–Crippen MR) is 450 cm³/mol. The first-order valence-electron chi connectivity index (χ1n) is 39.3. The summed E-state index contributed by atoms with van der Waals surface area (Å²) in [6, 6.07) is 30.8. The first kappa shape index (κ1) is 82.8. The number of rotatable bonds is 26. The van der Waals surface area contributed by atoms with Gasteiger partial charge in [0.25, 0.3) is 0 Å². The molecule has 12 heterocycles. The van der Waals surface area contributed by atoms with E-state index in [9.17, 15) is 60.7 Å². The van der Waals surface area contributed by atoms with Crippen molar-refractivity contribution in [3.63, 3.8) is 0 Å². The van der Waals surface area contributed by atoms with Crippen molar-refractivity contribution in [3.05, 3.63) is 253 Å². The van der Waals surface area contributed by atoms with E-state index in [0.29, 0.717) is 90.0 Å². The van der Waals surface area contributed by atoms with Crippen LogP contribution in [0.25, 0.3) is 48.6 Å². The van der Waals surface area contributed by atoms with Crippen LogP contribution in [0.15, 0.2) is 208 Å². The van der Waals surface area contributed by atoms with Gasteiger partial charge in [0.2, 0.25) is 17.7 Å². The molecule has 0 saturated carbocycles. The molecule has 122 heavy (non-hydrogen) atoms. The molecular formula is C89H81F4N19O9S. The predicted octanol–water partition coefficient (Wildman–Crippen LogP) is 13.4. The van der Waals surface area contributed by atoms with E-state index in [1.165, 1.54) is 76.5 Å². The Labute approximate surface area is 699 Å². The number of halogens is 4. The van der Waals surface area contributed by atoms with Crippen molar-refractivity contribution in [2.24, 2.45) is 0 Å². The van der Waals surface area contributed by atoms with Crippen LogP contribution in [0.3, 0.4) is 0 Å². The van der Waals surface area contributed by atoms with E-state index in [1.807, 2.05) is 66.7 Å². The number of amides is 3. The Bertz CT molecular complexity index is 6310. The summed E-state index contributed by atoms with van der Waals surface area (Å²) in [6.45, 7) is 5.25. The summed E-state index contributed by atoms with van der Waals surface area (Å²) < 4.78 is 65.6. The standard InChI is InChI=1S/C32H29F2N7O3.C29H25FN6O3S.C28H27FN6O3/c1-19-9-24(41(38-19)29-6-4-3-5-27(29)34)12-31(43)30-10-21(33)15-40(30)32(44)17-39-16-26(20(2)42)25-11-22(7-8-28(25)39)37-23-13-35-18-36-14-23;1-17(37)23-13-35(25-5-3-20(9-22(23)25)34-21-10-31-15-32-11-21)14-29(39)36-12-19(30)8-26(36)27(38)6-18-2-4-24-28(7-18)40-16-33-24;1-18(36)24-15-34(25-4-3-21(11-23(24)25)33-22-12-31-17-32-13-22)16-28(38)35-14-20(29)10-26(35)27(37)5-2-19-6-8-30-9-7-19/h3-9,11,13-14,16,18,21,30,37H,10,12,15,17H2,1-2H3;2-5,7,9-11,13,15-16,19,26,34H,6,8,12,14H2,1H3;3-4,6-9,11-13,15,17,20,26,33H,2,5,10,14,16H2,1H3/t21-,30+;19-,26+;20-,26+/m111/s1. The fourth-order valence-electron chi connectivity index (χ4n) is 15.9. The van der Waals surface area contributed by atoms with Crippen LogP contribution in [0.2, 0.25) is 0 Å². The lowest BCUT2D eigenvalue weighted by molar-refractivity contribution is -0.138. The number of alkyl halides is 3. The van der Waals surface area contributed by atoms with Crippen molar-refractivity contribution in [1.82, 2.24) is 78.1 Å². The van der Waals surface area contributed by atoms with Crippen molar-refractivity contribution in [2.75, 3.05) is 35.6 Å². The van der Waals surface area contributed by atoms with E-state index in [4.69, 9.17) is 0 Å².